The first-order valence-electron chi connectivity index (χ1n) is 5.40. The van der Waals surface area contributed by atoms with Gasteiger partial charge in [0.15, 0.2) is 11.3 Å². The fraction of sp³-hybridized carbons (Fsp3) is 0.0714. The fourth-order valence-corrected chi connectivity index (χ4v) is 2.32. The summed E-state index contributed by atoms with van der Waals surface area (Å²) in [6, 6.07) is 10.7. The number of rotatable bonds is 1. The van der Waals surface area contributed by atoms with Crippen LogP contribution in [0.25, 0.3) is 21.9 Å². The molecule has 0 radical (unpaired) electrons. The molecule has 0 aliphatic heterocycles. The predicted octanol–water partition coefficient (Wildman–Crippen LogP) is 3.72. The maximum Gasteiger partial charge on any atom is 0.200 e. The largest absolute Gasteiger partial charge is 0.493 e. The highest BCUT2D eigenvalue weighted by Crippen LogP contribution is 2.27. The van der Waals surface area contributed by atoms with Crippen molar-refractivity contribution in [2.75, 3.05) is 7.11 Å². The Morgan fingerprint density at radius 3 is 2.78 bits per heavy atom. The normalized spacial score (nSPS) is 11.0. The van der Waals surface area contributed by atoms with Gasteiger partial charge in [-0.25, -0.2) is 0 Å². The van der Waals surface area contributed by atoms with Gasteiger partial charge in [-0.1, -0.05) is 22.0 Å². The van der Waals surface area contributed by atoms with E-state index in [9.17, 15) is 4.79 Å². The second-order valence-corrected chi connectivity index (χ2v) is 4.82. The van der Waals surface area contributed by atoms with Gasteiger partial charge in [-0.05, 0) is 30.3 Å². The summed E-state index contributed by atoms with van der Waals surface area (Å²) in [5.41, 5.74) is 0.986. The number of hydrogen-bond donors (Lipinski definition) is 0. The van der Waals surface area contributed by atoms with Crippen LogP contribution in [-0.2, 0) is 0 Å². The van der Waals surface area contributed by atoms with Crippen molar-refractivity contribution >= 4 is 37.9 Å². The van der Waals surface area contributed by atoms with Crippen LogP contribution in [0, 0.1) is 0 Å². The van der Waals surface area contributed by atoms with Crippen molar-refractivity contribution in [2.45, 2.75) is 0 Å². The van der Waals surface area contributed by atoms with E-state index in [0.717, 1.165) is 4.47 Å². The van der Waals surface area contributed by atoms with Gasteiger partial charge in [0.1, 0.15) is 5.58 Å². The molecule has 0 amide bonds. The molecular formula is C14H9BrO3. The van der Waals surface area contributed by atoms with Crippen molar-refractivity contribution in [3.63, 3.8) is 0 Å². The van der Waals surface area contributed by atoms with Crippen LogP contribution in [0.15, 0.2) is 50.1 Å². The van der Waals surface area contributed by atoms with Crippen molar-refractivity contribution < 1.29 is 9.15 Å². The number of ether oxygens (including phenoxy) is 1. The van der Waals surface area contributed by atoms with Crippen LogP contribution in [-0.4, -0.2) is 7.11 Å². The zero-order valence-corrected chi connectivity index (χ0v) is 11.2. The van der Waals surface area contributed by atoms with Crippen LogP contribution >= 0.6 is 15.9 Å². The van der Waals surface area contributed by atoms with Crippen LogP contribution < -0.4 is 10.2 Å². The molecule has 1 heterocycles. The Morgan fingerprint density at radius 1 is 1.17 bits per heavy atom. The fourth-order valence-electron chi connectivity index (χ4n) is 1.98. The summed E-state index contributed by atoms with van der Waals surface area (Å²) in [6.45, 7) is 0. The molecule has 0 unspecified atom stereocenters. The van der Waals surface area contributed by atoms with Gasteiger partial charge < -0.3 is 9.15 Å². The molecule has 0 atom stereocenters. The number of methoxy groups -OCH3 is 1. The second kappa shape index (κ2) is 4.14. The van der Waals surface area contributed by atoms with Crippen molar-refractivity contribution in [1.82, 2.24) is 0 Å². The highest BCUT2D eigenvalue weighted by molar-refractivity contribution is 9.10. The molecular weight excluding hydrogens is 296 g/mol. The van der Waals surface area contributed by atoms with Crippen molar-refractivity contribution in [2.24, 2.45) is 0 Å². The molecule has 0 aliphatic rings. The highest BCUT2D eigenvalue weighted by Gasteiger charge is 2.11. The Labute approximate surface area is 111 Å². The van der Waals surface area contributed by atoms with Crippen LogP contribution in [0.4, 0.5) is 0 Å². The number of halogens is 1. The minimum Gasteiger partial charge on any atom is -0.493 e. The van der Waals surface area contributed by atoms with Crippen LogP contribution in [0.2, 0.25) is 0 Å². The van der Waals surface area contributed by atoms with Crippen molar-refractivity contribution in [3.8, 4) is 5.75 Å². The lowest BCUT2D eigenvalue weighted by molar-refractivity contribution is 0.411. The molecule has 3 nitrogen and oxygen atoms in total. The predicted molar refractivity (Wildman–Crippen MR) is 74.2 cm³/mol. The van der Waals surface area contributed by atoms with Gasteiger partial charge in [0.05, 0.1) is 17.9 Å². The lowest BCUT2D eigenvalue weighted by Gasteiger charge is -2.05. The molecule has 0 fully saturated rings. The van der Waals surface area contributed by atoms with Crippen LogP contribution in [0.1, 0.15) is 0 Å². The van der Waals surface area contributed by atoms with Gasteiger partial charge in [-0.15, -0.1) is 0 Å². The maximum absolute atomic E-state index is 12.3. The van der Waals surface area contributed by atoms with E-state index in [4.69, 9.17) is 9.15 Å². The zero-order valence-electron chi connectivity index (χ0n) is 9.57. The molecule has 0 saturated carbocycles. The zero-order chi connectivity index (χ0) is 12.7. The Balaban J connectivity index is 2.56. The molecule has 1 aromatic heterocycles. The molecule has 4 heteroatoms. The molecule has 0 N–H and O–H groups in total. The third-order valence-electron chi connectivity index (χ3n) is 2.84. The first kappa shape index (κ1) is 11.3. The standard InChI is InChI=1S/C14H9BrO3/c1-17-11-4-2-3-10-13(16)9-6-5-8(15)7-12(9)18-14(10)11/h2-7H,1H3. The molecule has 18 heavy (non-hydrogen) atoms. The monoisotopic (exact) mass is 304 g/mol. The molecule has 0 aliphatic carbocycles. The Hall–Kier alpha value is -1.81. The third kappa shape index (κ3) is 1.61. The van der Waals surface area contributed by atoms with Gasteiger partial charge in [0, 0.05) is 4.47 Å². The summed E-state index contributed by atoms with van der Waals surface area (Å²) in [5.74, 6) is 0.562. The Kier molecular flexibility index (Phi) is 2.59. The number of hydrogen-bond acceptors (Lipinski definition) is 3. The lowest BCUT2D eigenvalue weighted by atomic mass is 10.1. The summed E-state index contributed by atoms with van der Waals surface area (Å²) in [5, 5.41) is 1.10. The maximum atomic E-state index is 12.3. The topological polar surface area (TPSA) is 39.4 Å². The van der Waals surface area contributed by atoms with Gasteiger partial charge in [-0.3, -0.25) is 4.79 Å². The summed E-state index contributed by atoms with van der Waals surface area (Å²) < 4.78 is 11.9. The summed E-state index contributed by atoms with van der Waals surface area (Å²) >= 11 is 3.36. The SMILES string of the molecule is COc1cccc2c(=O)c3ccc(Br)cc3oc12. The average Bonchev–Trinajstić information content (AvgIpc) is 2.38. The molecule has 0 saturated heterocycles. The Morgan fingerprint density at radius 2 is 2.00 bits per heavy atom. The van der Waals surface area contributed by atoms with E-state index < -0.39 is 0 Å². The molecule has 3 rings (SSSR count). The van der Waals surface area contributed by atoms with E-state index in [1.165, 1.54) is 0 Å². The summed E-state index contributed by atoms with van der Waals surface area (Å²) in [7, 11) is 1.56. The molecule has 0 spiro atoms. The summed E-state index contributed by atoms with van der Waals surface area (Å²) in [4.78, 5) is 12.3. The van der Waals surface area contributed by atoms with Crippen molar-refractivity contribution in [3.05, 3.63) is 51.1 Å². The number of para-hydroxylation sites is 1. The third-order valence-corrected chi connectivity index (χ3v) is 3.34. The Bertz CT molecular complexity index is 805. The highest BCUT2D eigenvalue weighted by atomic mass is 79.9. The van der Waals surface area contributed by atoms with Crippen molar-refractivity contribution in [1.29, 1.82) is 0 Å². The van der Waals surface area contributed by atoms with Crippen LogP contribution in [0.5, 0.6) is 5.75 Å². The minimum atomic E-state index is -0.0438. The first-order valence-corrected chi connectivity index (χ1v) is 6.19. The lowest BCUT2D eigenvalue weighted by Crippen LogP contribution is -2.02. The van der Waals surface area contributed by atoms with E-state index in [1.54, 1.807) is 37.4 Å². The van der Waals surface area contributed by atoms with Crippen LogP contribution in [0.3, 0.4) is 0 Å². The number of benzene rings is 2. The average molecular weight is 305 g/mol. The van der Waals surface area contributed by atoms with E-state index >= 15 is 0 Å². The molecule has 90 valence electrons. The van der Waals surface area contributed by atoms with E-state index in [0.29, 0.717) is 27.7 Å². The molecule has 0 bridgehead atoms. The number of fused-ring (bicyclic) bond motifs is 2. The smallest absolute Gasteiger partial charge is 0.200 e. The minimum absolute atomic E-state index is 0.0438. The summed E-state index contributed by atoms with van der Waals surface area (Å²) in [6.07, 6.45) is 0. The molecule has 3 aromatic rings. The van der Waals surface area contributed by atoms with Gasteiger partial charge in [0.25, 0.3) is 0 Å². The van der Waals surface area contributed by atoms with Gasteiger partial charge >= 0.3 is 0 Å². The first-order chi connectivity index (χ1) is 8.70. The molecule has 2 aromatic carbocycles. The van der Waals surface area contributed by atoms with Gasteiger partial charge in [-0.2, -0.15) is 0 Å². The quantitative estimate of drug-likeness (QED) is 0.643. The van der Waals surface area contributed by atoms with E-state index in [1.807, 2.05) is 6.07 Å². The van der Waals surface area contributed by atoms with Gasteiger partial charge in [0.2, 0.25) is 5.43 Å². The second-order valence-electron chi connectivity index (χ2n) is 3.91. The van der Waals surface area contributed by atoms with E-state index in [-0.39, 0.29) is 5.43 Å². The van der Waals surface area contributed by atoms with E-state index in [2.05, 4.69) is 15.9 Å².